The van der Waals surface area contributed by atoms with E-state index in [9.17, 15) is 9.59 Å². The van der Waals surface area contributed by atoms with Gasteiger partial charge in [-0.25, -0.2) is 4.79 Å². The fraction of sp³-hybridized carbons (Fsp3) is 0.556. The van der Waals surface area contributed by atoms with Gasteiger partial charge in [-0.1, -0.05) is 12.1 Å². The number of hydrogen-bond donors (Lipinski definition) is 1. The Morgan fingerprint density at radius 3 is 2.57 bits per heavy atom. The van der Waals surface area contributed by atoms with Crippen LogP contribution in [0.3, 0.4) is 0 Å². The van der Waals surface area contributed by atoms with Crippen molar-refractivity contribution in [3.8, 4) is 0 Å². The van der Waals surface area contributed by atoms with Gasteiger partial charge in [-0.2, -0.15) is 0 Å². The van der Waals surface area contributed by atoms with E-state index in [2.05, 4.69) is 10.2 Å². The molecule has 126 valence electrons. The summed E-state index contributed by atoms with van der Waals surface area (Å²) in [5, 5.41) is 2.83. The number of ether oxygens (including phenoxy) is 1. The lowest BCUT2D eigenvalue weighted by Gasteiger charge is -2.24. The summed E-state index contributed by atoms with van der Waals surface area (Å²) in [7, 11) is 0. The Morgan fingerprint density at radius 1 is 1.35 bits per heavy atom. The van der Waals surface area contributed by atoms with Crippen LogP contribution in [0.2, 0.25) is 0 Å². The van der Waals surface area contributed by atoms with Gasteiger partial charge in [-0.15, -0.1) is 0 Å². The van der Waals surface area contributed by atoms with E-state index in [1.54, 1.807) is 0 Å². The molecule has 1 amide bonds. The highest BCUT2D eigenvalue weighted by Gasteiger charge is 2.24. The minimum atomic E-state index is -0.507. The largest absolute Gasteiger partial charge is 0.444 e. The van der Waals surface area contributed by atoms with Gasteiger partial charge in [0.15, 0.2) is 0 Å². The van der Waals surface area contributed by atoms with Gasteiger partial charge in [0, 0.05) is 12.2 Å². The lowest BCUT2D eigenvalue weighted by molar-refractivity contribution is -0.108. The zero-order chi connectivity index (χ0) is 17.0. The van der Waals surface area contributed by atoms with Crippen molar-refractivity contribution < 1.29 is 14.3 Å². The molecule has 0 bridgehead atoms. The van der Waals surface area contributed by atoms with Crippen molar-refractivity contribution in [1.82, 2.24) is 5.32 Å². The van der Waals surface area contributed by atoms with Gasteiger partial charge in [-0.3, -0.25) is 0 Å². The number of hydrogen-bond acceptors (Lipinski definition) is 4. The molecule has 1 heterocycles. The molecule has 23 heavy (non-hydrogen) atoms. The maximum absolute atomic E-state index is 11.8. The van der Waals surface area contributed by atoms with Gasteiger partial charge in [0.2, 0.25) is 0 Å². The fourth-order valence-electron chi connectivity index (χ4n) is 2.78. The lowest BCUT2D eigenvalue weighted by Crippen LogP contribution is -2.34. The van der Waals surface area contributed by atoms with Crippen LogP contribution in [0.4, 0.5) is 10.5 Å². The van der Waals surface area contributed by atoms with Crippen molar-refractivity contribution in [2.45, 2.75) is 58.2 Å². The molecule has 0 radical (unpaired) electrons. The molecule has 1 aliphatic heterocycles. The number of amides is 1. The van der Waals surface area contributed by atoms with E-state index in [0.717, 1.165) is 36.9 Å². The smallest absolute Gasteiger partial charge is 0.408 e. The molecular formula is C18H26N2O3. The minimum absolute atomic E-state index is 0.0156. The second kappa shape index (κ2) is 7.02. The third-order valence-electron chi connectivity index (χ3n) is 3.91. The first-order chi connectivity index (χ1) is 10.8. The number of carbonyl (C=O) groups excluding carboxylic acids is 2. The molecule has 0 aliphatic carbocycles. The first-order valence-corrected chi connectivity index (χ1v) is 8.11. The SMILES string of the molecule is CC(NC(=O)OC(C)(C)C)c1ccc(N2CCCC2C=O)cc1. The Balaban J connectivity index is 1.99. The summed E-state index contributed by atoms with van der Waals surface area (Å²) in [5.74, 6) is 0. The molecule has 2 atom stereocenters. The molecule has 0 aromatic heterocycles. The fourth-order valence-corrected chi connectivity index (χ4v) is 2.78. The number of carbonyl (C=O) groups is 2. The van der Waals surface area contributed by atoms with Gasteiger partial charge in [-0.05, 0) is 58.2 Å². The first-order valence-electron chi connectivity index (χ1n) is 8.11. The number of rotatable bonds is 4. The van der Waals surface area contributed by atoms with Crippen LogP contribution in [0.25, 0.3) is 0 Å². The summed E-state index contributed by atoms with van der Waals surface area (Å²) < 4.78 is 5.27. The van der Waals surface area contributed by atoms with E-state index in [1.807, 2.05) is 52.0 Å². The van der Waals surface area contributed by atoms with Crippen LogP contribution < -0.4 is 10.2 Å². The topological polar surface area (TPSA) is 58.6 Å². The highest BCUT2D eigenvalue weighted by atomic mass is 16.6. The van der Waals surface area contributed by atoms with E-state index in [4.69, 9.17) is 4.74 Å². The number of benzene rings is 1. The van der Waals surface area contributed by atoms with Gasteiger partial charge < -0.3 is 19.7 Å². The summed E-state index contributed by atoms with van der Waals surface area (Å²) in [5.41, 5.74) is 1.54. The molecule has 1 fully saturated rings. The minimum Gasteiger partial charge on any atom is -0.444 e. The van der Waals surface area contributed by atoms with Gasteiger partial charge in [0.25, 0.3) is 0 Å². The van der Waals surface area contributed by atoms with Gasteiger partial charge in [0.1, 0.15) is 11.9 Å². The molecular weight excluding hydrogens is 292 g/mol. The molecule has 5 heteroatoms. The maximum atomic E-state index is 11.8. The molecule has 2 rings (SSSR count). The lowest BCUT2D eigenvalue weighted by atomic mass is 10.1. The molecule has 5 nitrogen and oxygen atoms in total. The predicted molar refractivity (Wildman–Crippen MR) is 90.7 cm³/mol. The van der Waals surface area contributed by atoms with Crippen LogP contribution in [0, 0.1) is 0 Å². The van der Waals surface area contributed by atoms with E-state index in [1.165, 1.54) is 0 Å². The summed E-state index contributed by atoms with van der Waals surface area (Å²) in [6.07, 6.45) is 2.56. The molecule has 1 aliphatic rings. The molecule has 1 aromatic rings. The van der Waals surface area contributed by atoms with Crippen LogP contribution in [-0.2, 0) is 9.53 Å². The summed E-state index contributed by atoms with van der Waals surface area (Å²) in [6.45, 7) is 8.35. The second-order valence-corrected chi connectivity index (χ2v) is 7.00. The average molecular weight is 318 g/mol. The van der Waals surface area contributed by atoms with Crippen molar-refractivity contribution in [2.24, 2.45) is 0 Å². The molecule has 1 aromatic carbocycles. The Morgan fingerprint density at radius 2 is 2.00 bits per heavy atom. The van der Waals surface area contributed by atoms with Crippen molar-refractivity contribution in [1.29, 1.82) is 0 Å². The van der Waals surface area contributed by atoms with E-state index in [-0.39, 0.29) is 12.1 Å². The summed E-state index contributed by atoms with van der Waals surface area (Å²) >= 11 is 0. The van der Waals surface area contributed by atoms with Crippen LogP contribution in [0.1, 0.15) is 52.1 Å². The third-order valence-corrected chi connectivity index (χ3v) is 3.91. The Labute approximate surface area is 138 Å². The number of alkyl carbamates (subject to hydrolysis) is 1. The zero-order valence-electron chi connectivity index (χ0n) is 14.3. The summed E-state index contributed by atoms with van der Waals surface area (Å²) in [4.78, 5) is 25.0. The van der Waals surface area contributed by atoms with Crippen molar-refractivity contribution in [3.05, 3.63) is 29.8 Å². The van der Waals surface area contributed by atoms with Gasteiger partial charge >= 0.3 is 6.09 Å². The highest BCUT2D eigenvalue weighted by Crippen LogP contribution is 2.26. The quantitative estimate of drug-likeness (QED) is 0.864. The maximum Gasteiger partial charge on any atom is 0.408 e. The summed E-state index contributed by atoms with van der Waals surface area (Å²) in [6, 6.07) is 7.82. The average Bonchev–Trinajstić information content (AvgIpc) is 2.93. The predicted octanol–water partition coefficient (Wildman–Crippen LogP) is 3.44. The monoisotopic (exact) mass is 318 g/mol. The highest BCUT2D eigenvalue weighted by molar-refractivity contribution is 5.69. The Bertz CT molecular complexity index is 548. The van der Waals surface area contributed by atoms with Crippen LogP contribution in [-0.4, -0.2) is 30.6 Å². The van der Waals surface area contributed by atoms with Crippen LogP contribution in [0.5, 0.6) is 0 Å². The Kier molecular flexibility index (Phi) is 5.29. The normalized spacial score (nSPS) is 19.3. The van der Waals surface area contributed by atoms with Crippen molar-refractivity contribution >= 4 is 18.1 Å². The molecule has 0 spiro atoms. The number of anilines is 1. The van der Waals surface area contributed by atoms with Crippen LogP contribution in [0.15, 0.2) is 24.3 Å². The molecule has 0 saturated carbocycles. The number of nitrogens with zero attached hydrogens (tertiary/aromatic N) is 1. The van der Waals surface area contributed by atoms with Gasteiger partial charge in [0.05, 0.1) is 12.1 Å². The standard InChI is InChI=1S/C18H26N2O3/c1-13(19-17(22)23-18(2,3)4)14-7-9-15(10-8-14)20-11-5-6-16(20)12-21/h7-10,12-13,16H,5-6,11H2,1-4H3,(H,19,22). The third kappa shape index (κ3) is 4.71. The molecule has 1 N–H and O–H groups in total. The van der Waals surface area contributed by atoms with Crippen LogP contribution >= 0.6 is 0 Å². The molecule has 2 unspecified atom stereocenters. The first kappa shape index (κ1) is 17.3. The second-order valence-electron chi connectivity index (χ2n) is 7.00. The van der Waals surface area contributed by atoms with Crippen molar-refractivity contribution in [3.63, 3.8) is 0 Å². The van der Waals surface area contributed by atoms with Crippen molar-refractivity contribution in [2.75, 3.05) is 11.4 Å². The number of nitrogens with one attached hydrogen (secondary N) is 1. The molecule has 1 saturated heterocycles. The zero-order valence-corrected chi connectivity index (χ0v) is 14.3. The van der Waals surface area contributed by atoms with E-state index in [0.29, 0.717) is 0 Å². The van der Waals surface area contributed by atoms with E-state index >= 15 is 0 Å². The Hall–Kier alpha value is -2.04. The number of aldehydes is 1. The van der Waals surface area contributed by atoms with E-state index < -0.39 is 11.7 Å².